The lowest BCUT2D eigenvalue weighted by Gasteiger charge is -2.24. The highest BCUT2D eigenvalue weighted by Crippen LogP contribution is 2.13. The molecule has 1 amide bonds. The Labute approximate surface area is 102 Å². The summed E-state index contributed by atoms with van der Waals surface area (Å²) < 4.78 is 0. The predicted octanol–water partition coefficient (Wildman–Crippen LogP) is 2.51. The fourth-order valence-corrected chi connectivity index (χ4v) is 1.72. The third-order valence-electron chi connectivity index (χ3n) is 2.83. The zero-order chi connectivity index (χ0) is 12.7. The molecule has 0 fully saturated rings. The number of hydrogen-bond acceptors (Lipinski definition) is 2. The lowest BCUT2D eigenvalue weighted by Crippen LogP contribution is -2.38. The van der Waals surface area contributed by atoms with Crippen molar-refractivity contribution >= 4 is 11.8 Å². The van der Waals surface area contributed by atoms with E-state index in [1.165, 1.54) is 4.90 Å². The van der Waals surface area contributed by atoms with Crippen molar-refractivity contribution in [2.45, 2.75) is 13.8 Å². The molecular formula is C13H20N2O2. The van der Waals surface area contributed by atoms with Gasteiger partial charge in [-0.25, -0.2) is 4.79 Å². The first-order valence-corrected chi connectivity index (χ1v) is 5.96. The molecule has 4 heteroatoms. The van der Waals surface area contributed by atoms with Crippen LogP contribution in [-0.2, 0) is 0 Å². The highest BCUT2D eigenvalue weighted by atomic mass is 16.4. The second-order valence-electron chi connectivity index (χ2n) is 3.80. The molecule has 0 aliphatic carbocycles. The van der Waals surface area contributed by atoms with E-state index in [1.807, 2.05) is 30.3 Å². The van der Waals surface area contributed by atoms with Gasteiger partial charge >= 0.3 is 6.09 Å². The number of carbonyl (C=O) groups is 1. The van der Waals surface area contributed by atoms with Gasteiger partial charge in [0.1, 0.15) is 0 Å². The van der Waals surface area contributed by atoms with Crippen LogP contribution < -0.4 is 4.90 Å². The standard InChI is InChI=1S/C13H20N2O2/c1-3-14(4-2)10-11-15(13(16)17)12-8-6-5-7-9-12/h5-9H,3-4,10-11H2,1-2H3,(H,16,17). The summed E-state index contributed by atoms with van der Waals surface area (Å²) in [4.78, 5) is 14.8. The van der Waals surface area contributed by atoms with Crippen LogP contribution in [0.4, 0.5) is 10.5 Å². The van der Waals surface area contributed by atoms with Crippen LogP contribution in [0.3, 0.4) is 0 Å². The van der Waals surface area contributed by atoms with E-state index >= 15 is 0 Å². The maximum Gasteiger partial charge on any atom is 0.411 e. The lowest BCUT2D eigenvalue weighted by molar-refractivity contribution is 0.200. The third kappa shape index (κ3) is 4.07. The zero-order valence-electron chi connectivity index (χ0n) is 10.5. The van der Waals surface area contributed by atoms with Gasteiger partial charge in [-0.15, -0.1) is 0 Å². The average molecular weight is 236 g/mol. The van der Waals surface area contributed by atoms with E-state index in [4.69, 9.17) is 0 Å². The predicted molar refractivity (Wildman–Crippen MR) is 69.6 cm³/mol. The molecule has 0 aliphatic heterocycles. The van der Waals surface area contributed by atoms with Crippen molar-refractivity contribution in [3.8, 4) is 0 Å². The van der Waals surface area contributed by atoms with Crippen LogP contribution >= 0.6 is 0 Å². The maximum absolute atomic E-state index is 11.2. The molecule has 0 saturated heterocycles. The number of para-hydroxylation sites is 1. The molecule has 4 nitrogen and oxygen atoms in total. The van der Waals surface area contributed by atoms with E-state index in [-0.39, 0.29) is 0 Å². The van der Waals surface area contributed by atoms with Crippen LogP contribution in [0, 0.1) is 0 Å². The van der Waals surface area contributed by atoms with Gasteiger partial charge in [0.2, 0.25) is 0 Å². The number of carboxylic acid groups (broad SMARTS) is 1. The van der Waals surface area contributed by atoms with Crippen molar-refractivity contribution in [2.75, 3.05) is 31.1 Å². The minimum atomic E-state index is -0.900. The van der Waals surface area contributed by atoms with Gasteiger partial charge in [-0.1, -0.05) is 32.0 Å². The van der Waals surface area contributed by atoms with E-state index in [0.717, 1.165) is 25.3 Å². The second-order valence-corrected chi connectivity index (χ2v) is 3.80. The highest BCUT2D eigenvalue weighted by molar-refractivity contribution is 5.85. The number of amides is 1. The Morgan fingerprint density at radius 1 is 1.12 bits per heavy atom. The third-order valence-corrected chi connectivity index (χ3v) is 2.83. The van der Waals surface area contributed by atoms with E-state index < -0.39 is 6.09 Å². The number of hydrogen-bond donors (Lipinski definition) is 1. The van der Waals surface area contributed by atoms with E-state index in [1.54, 1.807) is 0 Å². The SMILES string of the molecule is CCN(CC)CCN(C(=O)O)c1ccccc1. The molecule has 0 heterocycles. The fraction of sp³-hybridized carbons (Fsp3) is 0.462. The van der Waals surface area contributed by atoms with Crippen LogP contribution in [-0.4, -0.2) is 42.3 Å². The Balaban J connectivity index is 2.65. The van der Waals surface area contributed by atoms with E-state index in [9.17, 15) is 9.90 Å². The first kappa shape index (κ1) is 13.5. The number of anilines is 1. The van der Waals surface area contributed by atoms with Gasteiger partial charge in [-0.3, -0.25) is 4.90 Å². The Hall–Kier alpha value is -1.55. The largest absolute Gasteiger partial charge is 0.465 e. The smallest absolute Gasteiger partial charge is 0.411 e. The van der Waals surface area contributed by atoms with Crippen LogP contribution in [0.1, 0.15) is 13.8 Å². The normalized spacial score (nSPS) is 10.5. The van der Waals surface area contributed by atoms with Gasteiger partial charge in [0.05, 0.1) is 0 Å². The first-order valence-electron chi connectivity index (χ1n) is 5.96. The lowest BCUT2D eigenvalue weighted by atomic mass is 10.3. The second kappa shape index (κ2) is 6.91. The minimum Gasteiger partial charge on any atom is -0.465 e. The molecular weight excluding hydrogens is 216 g/mol. The molecule has 1 aromatic carbocycles. The molecule has 1 aromatic rings. The fourth-order valence-electron chi connectivity index (χ4n) is 1.72. The van der Waals surface area contributed by atoms with Crippen molar-refractivity contribution in [3.63, 3.8) is 0 Å². The van der Waals surface area contributed by atoms with E-state index in [2.05, 4.69) is 18.7 Å². The van der Waals surface area contributed by atoms with Gasteiger partial charge in [-0.2, -0.15) is 0 Å². The molecule has 0 saturated carbocycles. The number of rotatable bonds is 6. The van der Waals surface area contributed by atoms with Crippen molar-refractivity contribution < 1.29 is 9.90 Å². The molecule has 1 N–H and O–H groups in total. The molecule has 0 unspecified atom stereocenters. The van der Waals surface area contributed by atoms with Gasteiger partial charge < -0.3 is 10.0 Å². The maximum atomic E-state index is 11.2. The van der Waals surface area contributed by atoms with Crippen LogP contribution in [0.5, 0.6) is 0 Å². The Bertz CT molecular complexity index is 337. The summed E-state index contributed by atoms with van der Waals surface area (Å²) in [6, 6.07) is 9.21. The summed E-state index contributed by atoms with van der Waals surface area (Å²) in [5, 5.41) is 9.19. The molecule has 0 aromatic heterocycles. The minimum absolute atomic E-state index is 0.501. The van der Waals surface area contributed by atoms with Gasteiger partial charge in [0.15, 0.2) is 0 Å². The Kier molecular flexibility index (Phi) is 5.49. The summed E-state index contributed by atoms with van der Waals surface area (Å²) in [6.45, 7) is 7.31. The topological polar surface area (TPSA) is 43.8 Å². The van der Waals surface area contributed by atoms with Crippen molar-refractivity contribution in [1.29, 1.82) is 0 Å². The van der Waals surface area contributed by atoms with Gasteiger partial charge in [-0.05, 0) is 25.2 Å². The molecule has 1 rings (SSSR count). The molecule has 94 valence electrons. The summed E-state index contributed by atoms with van der Waals surface area (Å²) >= 11 is 0. The van der Waals surface area contributed by atoms with Crippen LogP contribution in [0.15, 0.2) is 30.3 Å². The summed E-state index contributed by atoms with van der Waals surface area (Å²) in [5.74, 6) is 0. The number of nitrogens with zero attached hydrogens (tertiary/aromatic N) is 2. The van der Waals surface area contributed by atoms with Gasteiger partial charge in [0, 0.05) is 18.8 Å². The zero-order valence-corrected chi connectivity index (χ0v) is 10.5. The molecule has 0 spiro atoms. The average Bonchev–Trinajstić information content (AvgIpc) is 2.35. The molecule has 0 atom stereocenters. The van der Waals surface area contributed by atoms with Gasteiger partial charge in [0.25, 0.3) is 0 Å². The molecule has 0 bridgehead atoms. The summed E-state index contributed by atoms with van der Waals surface area (Å²) in [5.41, 5.74) is 0.729. The summed E-state index contributed by atoms with van der Waals surface area (Å²) in [6.07, 6.45) is -0.900. The number of benzene rings is 1. The Morgan fingerprint density at radius 2 is 1.71 bits per heavy atom. The Morgan fingerprint density at radius 3 is 2.18 bits per heavy atom. The highest BCUT2D eigenvalue weighted by Gasteiger charge is 2.14. The number of likely N-dealkylation sites (N-methyl/N-ethyl adjacent to an activating group) is 1. The first-order chi connectivity index (χ1) is 8.19. The van der Waals surface area contributed by atoms with Crippen molar-refractivity contribution in [2.24, 2.45) is 0 Å². The van der Waals surface area contributed by atoms with E-state index in [0.29, 0.717) is 6.54 Å². The molecule has 17 heavy (non-hydrogen) atoms. The quantitative estimate of drug-likeness (QED) is 0.825. The van der Waals surface area contributed by atoms with Crippen LogP contribution in [0.25, 0.3) is 0 Å². The summed E-state index contributed by atoms with van der Waals surface area (Å²) in [7, 11) is 0. The van der Waals surface area contributed by atoms with Crippen LogP contribution in [0.2, 0.25) is 0 Å². The molecule has 0 aliphatic rings. The molecule has 0 radical (unpaired) electrons. The monoisotopic (exact) mass is 236 g/mol. The van der Waals surface area contributed by atoms with Crippen molar-refractivity contribution in [3.05, 3.63) is 30.3 Å². The van der Waals surface area contributed by atoms with Crippen molar-refractivity contribution in [1.82, 2.24) is 4.90 Å².